The van der Waals surface area contributed by atoms with Crippen molar-refractivity contribution in [1.29, 1.82) is 0 Å². The SMILES string of the molecule is C(=Nc1ccc(-c2cc(-c3ccccc3)cc(-c3ccccc3)c2)cc1)c1cc2ccc3cc(C=Nc4ccc(-c5cc(-c6ccccc6)cc(-c6ccccc6)c5)cc4)cc4ccc(c1)c2c34. The fraction of sp³-hybridized carbons (Fsp3) is 0. The minimum atomic E-state index is 0.914. The highest BCUT2D eigenvalue weighted by atomic mass is 14.7. The molecule has 68 heavy (non-hydrogen) atoms. The molecule has 12 rings (SSSR count). The molecular formula is C66H44N2. The minimum absolute atomic E-state index is 0.914. The van der Waals surface area contributed by atoms with Crippen LogP contribution >= 0.6 is 0 Å². The molecule has 2 heteroatoms. The van der Waals surface area contributed by atoms with Gasteiger partial charge < -0.3 is 0 Å². The van der Waals surface area contributed by atoms with Gasteiger partial charge >= 0.3 is 0 Å². The average molecular weight is 865 g/mol. The maximum atomic E-state index is 4.94. The van der Waals surface area contributed by atoms with E-state index in [1.807, 2.05) is 12.4 Å². The van der Waals surface area contributed by atoms with E-state index in [0.29, 0.717) is 0 Å². The lowest BCUT2D eigenvalue weighted by Gasteiger charge is -2.12. The maximum absolute atomic E-state index is 4.94. The van der Waals surface area contributed by atoms with Crippen molar-refractivity contribution in [3.8, 4) is 66.8 Å². The summed E-state index contributed by atoms with van der Waals surface area (Å²) in [6.07, 6.45) is 3.97. The third-order valence-corrected chi connectivity index (χ3v) is 13.0. The summed E-state index contributed by atoms with van der Waals surface area (Å²) in [6.45, 7) is 0. The van der Waals surface area contributed by atoms with Crippen LogP contribution in [0.3, 0.4) is 0 Å². The van der Waals surface area contributed by atoms with Crippen LogP contribution in [0.25, 0.3) is 99.1 Å². The van der Waals surface area contributed by atoms with Gasteiger partial charge in [0, 0.05) is 12.4 Å². The Morgan fingerprint density at radius 2 is 0.441 bits per heavy atom. The summed E-state index contributed by atoms with van der Waals surface area (Å²) >= 11 is 0. The smallest absolute Gasteiger partial charge is 0.0630 e. The van der Waals surface area contributed by atoms with Gasteiger partial charge in [0.2, 0.25) is 0 Å². The highest BCUT2D eigenvalue weighted by molar-refractivity contribution is 6.24. The molecule has 0 aliphatic heterocycles. The van der Waals surface area contributed by atoms with Crippen LogP contribution < -0.4 is 0 Å². The van der Waals surface area contributed by atoms with Gasteiger partial charge in [0.15, 0.2) is 0 Å². The largest absolute Gasteiger partial charge is 0.256 e. The standard InChI is InChI=1S/C66H44N2/c1-5-13-47(14-6-1)57-37-58(48-15-7-2-8-16-48)40-61(39-57)51-25-29-63(30-26-51)67-43-45-33-53-21-23-55-35-46(36-56-24-22-54(34-45)65(53)66(55)56)44-68-64-31-27-52(28-32-64)62-41-59(49-17-9-3-10-18-49)38-60(42-62)50-19-11-4-12-20-50/h1-44H. The highest BCUT2D eigenvalue weighted by Crippen LogP contribution is 2.38. The van der Waals surface area contributed by atoms with Crippen molar-refractivity contribution in [2.75, 3.05) is 0 Å². The van der Waals surface area contributed by atoms with Crippen LogP contribution in [0, 0.1) is 0 Å². The van der Waals surface area contributed by atoms with E-state index in [4.69, 9.17) is 9.98 Å². The molecule has 0 unspecified atom stereocenters. The van der Waals surface area contributed by atoms with E-state index < -0.39 is 0 Å². The number of rotatable bonds is 10. The molecule has 0 amide bonds. The van der Waals surface area contributed by atoms with E-state index in [2.05, 4.69) is 255 Å². The highest BCUT2D eigenvalue weighted by Gasteiger charge is 2.12. The monoisotopic (exact) mass is 864 g/mol. The Kier molecular flexibility index (Phi) is 10.6. The van der Waals surface area contributed by atoms with E-state index in [1.54, 1.807) is 0 Å². The molecule has 0 radical (unpaired) electrons. The van der Waals surface area contributed by atoms with Crippen molar-refractivity contribution < 1.29 is 0 Å². The normalized spacial score (nSPS) is 11.7. The fourth-order valence-corrected chi connectivity index (χ4v) is 9.59. The molecule has 12 aromatic carbocycles. The number of hydrogen-bond donors (Lipinski definition) is 0. The molecular weight excluding hydrogens is 821 g/mol. The van der Waals surface area contributed by atoms with Crippen molar-refractivity contribution in [3.05, 3.63) is 266 Å². The lowest BCUT2D eigenvalue weighted by atomic mass is 9.92. The molecule has 0 fully saturated rings. The van der Waals surface area contributed by atoms with Crippen molar-refractivity contribution in [2.45, 2.75) is 0 Å². The van der Waals surface area contributed by atoms with Crippen LogP contribution in [0.15, 0.2) is 265 Å². The summed E-state index contributed by atoms with van der Waals surface area (Å²) in [6, 6.07) is 91.2. The Balaban J connectivity index is 0.782. The molecule has 0 aliphatic rings. The van der Waals surface area contributed by atoms with Gasteiger partial charge in [-0.3, -0.25) is 9.98 Å². The Bertz CT molecular complexity index is 3350. The van der Waals surface area contributed by atoms with Crippen molar-refractivity contribution in [2.24, 2.45) is 9.98 Å². The summed E-state index contributed by atoms with van der Waals surface area (Å²) < 4.78 is 0. The molecule has 2 nitrogen and oxygen atoms in total. The van der Waals surface area contributed by atoms with Gasteiger partial charge in [-0.2, -0.15) is 0 Å². The van der Waals surface area contributed by atoms with E-state index in [9.17, 15) is 0 Å². The molecule has 12 aromatic rings. The molecule has 0 bridgehead atoms. The summed E-state index contributed by atoms with van der Waals surface area (Å²) in [7, 11) is 0. The second-order valence-corrected chi connectivity index (χ2v) is 17.5. The molecule has 0 aromatic heterocycles. The second-order valence-electron chi connectivity index (χ2n) is 17.5. The van der Waals surface area contributed by atoms with Gasteiger partial charge in [-0.15, -0.1) is 0 Å². The molecule has 0 saturated heterocycles. The van der Waals surface area contributed by atoms with Crippen LogP contribution in [0.4, 0.5) is 11.4 Å². The third-order valence-electron chi connectivity index (χ3n) is 13.0. The minimum Gasteiger partial charge on any atom is -0.256 e. The van der Waals surface area contributed by atoms with Gasteiger partial charge in [0.1, 0.15) is 0 Å². The number of benzene rings is 12. The lowest BCUT2D eigenvalue weighted by molar-refractivity contribution is 1.51. The molecule has 0 saturated carbocycles. The Hall–Kier alpha value is -8.98. The maximum Gasteiger partial charge on any atom is 0.0630 e. The zero-order chi connectivity index (χ0) is 45.2. The third kappa shape index (κ3) is 8.28. The predicted molar refractivity (Wildman–Crippen MR) is 290 cm³/mol. The number of aliphatic imine (C=N–C) groups is 2. The summed E-state index contributed by atoms with van der Waals surface area (Å²) in [5.41, 5.74) is 18.3. The zero-order valence-corrected chi connectivity index (χ0v) is 37.3. The summed E-state index contributed by atoms with van der Waals surface area (Å²) in [5, 5.41) is 7.38. The van der Waals surface area contributed by atoms with Crippen molar-refractivity contribution >= 4 is 56.1 Å². The number of hydrogen-bond acceptors (Lipinski definition) is 2. The molecule has 0 spiro atoms. The van der Waals surface area contributed by atoms with Crippen molar-refractivity contribution in [1.82, 2.24) is 0 Å². The first kappa shape index (κ1) is 40.5. The van der Waals surface area contributed by atoms with E-state index in [1.165, 1.54) is 88.0 Å². The van der Waals surface area contributed by atoms with Gasteiger partial charge in [0.25, 0.3) is 0 Å². The van der Waals surface area contributed by atoms with Crippen LogP contribution in [0.5, 0.6) is 0 Å². The zero-order valence-electron chi connectivity index (χ0n) is 37.3. The van der Waals surface area contributed by atoms with E-state index >= 15 is 0 Å². The quantitative estimate of drug-likeness (QED) is 0.0967. The predicted octanol–water partition coefficient (Wildman–Crippen LogP) is 18.1. The van der Waals surface area contributed by atoms with E-state index in [-0.39, 0.29) is 0 Å². The molecule has 0 atom stereocenters. The van der Waals surface area contributed by atoms with Gasteiger partial charge in [-0.1, -0.05) is 170 Å². The summed E-state index contributed by atoms with van der Waals surface area (Å²) in [5.74, 6) is 0. The first-order valence-electron chi connectivity index (χ1n) is 23.2. The van der Waals surface area contributed by atoms with Crippen LogP contribution in [0.2, 0.25) is 0 Å². The molecule has 0 aliphatic carbocycles. The first-order valence-corrected chi connectivity index (χ1v) is 23.2. The van der Waals surface area contributed by atoms with Gasteiger partial charge in [-0.25, -0.2) is 0 Å². The fourth-order valence-electron chi connectivity index (χ4n) is 9.59. The molecule has 0 N–H and O–H groups in total. The second kappa shape index (κ2) is 17.8. The van der Waals surface area contributed by atoms with Crippen molar-refractivity contribution in [3.63, 3.8) is 0 Å². The molecule has 318 valence electrons. The van der Waals surface area contributed by atoms with E-state index in [0.717, 1.165) is 33.6 Å². The topological polar surface area (TPSA) is 24.7 Å². The Morgan fingerprint density at radius 3 is 0.691 bits per heavy atom. The Labute approximate surface area is 396 Å². The summed E-state index contributed by atoms with van der Waals surface area (Å²) in [4.78, 5) is 9.89. The van der Waals surface area contributed by atoms with Gasteiger partial charge in [-0.05, 0) is 195 Å². The van der Waals surface area contributed by atoms with Crippen LogP contribution in [0.1, 0.15) is 11.1 Å². The van der Waals surface area contributed by atoms with Crippen LogP contribution in [-0.4, -0.2) is 12.4 Å². The average Bonchev–Trinajstić information content (AvgIpc) is 3.42. The molecule has 0 heterocycles. The lowest BCUT2D eigenvalue weighted by Crippen LogP contribution is -1.90. The first-order chi connectivity index (χ1) is 33.6. The van der Waals surface area contributed by atoms with Gasteiger partial charge in [0.05, 0.1) is 11.4 Å². The number of nitrogens with zero attached hydrogens (tertiary/aromatic N) is 2. The van der Waals surface area contributed by atoms with Crippen LogP contribution in [-0.2, 0) is 0 Å². The Morgan fingerprint density at radius 1 is 0.206 bits per heavy atom.